The summed E-state index contributed by atoms with van der Waals surface area (Å²) in [5, 5.41) is 20.0. The van der Waals surface area contributed by atoms with Gasteiger partial charge in [-0.15, -0.1) is 0 Å². The van der Waals surface area contributed by atoms with Crippen LogP contribution in [0.15, 0.2) is 48.5 Å². The Hall–Kier alpha value is -2.88. The van der Waals surface area contributed by atoms with Crippen LogP contribution in [0.1, 0.15) is 24.3 Å². The standard InChI is InChI=1S/C24H26N2O4/c1-29-18-8-6-16(7-9-18)19-4-2-3-5-20(19)23-21(14-25)26(22(23)15-27)24(28)17-10-12-30-13-11-17/h2-9,17,21-23,27H,10-13,15H2,1H3/t21-,22+,23-/m1/s1. The molecule has 0 spiro atoms. The molecule has 1 amide bonds. The molecule has 2 fully saturated rings. The summed E-state index contributed by atoms with van der Waals surface area (Å²) in [6.45, 7) is 0.957. The van der Waals surface area contributed by atoms with Gasteiger partial charge in [0.25, 0.3) is 0 Å². The van der Waals surface area contributed by atoms with E-state index in [-0.39, 0.29) is 24.3 Å². The molecular weight excluding hydrogens is 380 g/mol. The van der Waals surface area contributed by atoms with Gasteiger partial charge in [-0.25, -0.2) is 0 Å². The predicted molar refractivity (Wildman–Crippen MR) is 112 cm³/mol. The Morgan fingerprint density at radius 1 is 1.20 bits per heavy atom. The van der Waals surface area contributed by atoms with E-state index in [2.05, 4.69) is 6.07 Å². The van der Waals surface area contributed by atoms with Crippen molar-refractivity contribution in [1.29, 1.82) is 5.26 Å². The molecule has 3 atom stereocenters. The average Bonchev–Trinajstić information content (AvgIpc) is 2.80. The maximum absolute atomic E-state index is 13.1. The lowest BCUT2D eigenvalue weighted by atomic mass is 9.72. The molecule has 30 heavy (non-hydrogen) atoms. The summed E-state index contributed by atoms with van der Waals surface area (Å²) < 4.78 is 10.6. The van der Waals surface area contributed by atoms with Crippen LogP contribution in [0, 0.1) is 17.2 Å². The van der Waals surface area contributed by atoms with Crippen molar-refractivity contribution in [2.45, 2.75) is 30.8 Å². The SMILES string of the molecule is COc1ccc(-c2ccccc2[C@@H]2[C@@H](C#N)N(C(=O)C3CCOCC3)[C@H]2CO)cc1. The zero-order valence-electron chi connectivity index (χ0n) is 17.0. The number of likely N-dealkylation sites (tertiary alicyclic amines) is 1. The van der Waals surface area contributed by atoms with Gasteiger partial charge in [0.2, 0.25) is 5.91 Å². The third-order valence-corrected chi connectivity index (χ3v) is 6.28. The van der Waals surface area contributed by atoms with Crippen LogP contribution in [0.4, 0.5) is 0 Å². The van der Waals surface area contributed by atoms with E-state index in [9.17, 15) is 15.2 Å². The largest absolute Gasteiger partial charge is 0.497 e. The fourth-order valence-corrected chi connectivity index (χ4v) is 4.66. The van der Waals surface area contributed by atoms with Crippen molar-refractivity contribution in [1.82, 2.24) is 4.90 Å². The van der Waals surface area contributed by atoms with E-state index in [0.29, 0.717) is 26.1 Å². The topological polar surface area (TPSA) is 82.8 Å². The summed E-state index contributed by atoms with van der Waals surface area (Å²) in [6, 6.07) is 17.0. The zero-order valence-corrected chi connectivity index (χ0v) is 17.0. The molecule has 4 rings (SSSR count). The molecule has 6 nitrogen and oxygen atoms in total. The summed E-state index contributed by atoms with van der Waals surface area (Å²) in [4.78, 5) is 14.7. The highest BCUT2D eigenvalue weighted by Gasteiger charge is 2.53. The average molecular weight is 406 g/mol. The van der Waals surface area contributed by atoms with Crippen LogP contribution in [-0.2, 0) is 9.53 Å². The number of benzene rings is 2. The molecule has 2 aliphatic heterocycles. The van der Waals surface area contributed by atoms with Crippen molar-refractivity contribution in [3.05, 3.63) is 54.1 Å². The lowest BCUT2D eigenvalue weighted by Gasteiger charge is -2.53. The van der Waals surface area contributed by atoms with E-state index in [1.165, 1.54) is 0 Å². The van der Waals surface area contributed by atoms with Gasteiger partial charge >= 0.3 is 0 Å². The first-order valence-corrected chi connectivity index (χ1v) is 10.3. The van der Waals surface area contributed by atoms with Crippen LogP contribution in [-0.4, -0.2) is 54.9 Å². The minimum absolute atomic E-state index is 0.0397. The highest BCUT2D eigenvalue weighted by Crippen LogP contribution is 2.45. The number of nitriles is 1. The van der Waals surface area contributed by atoms with E-state index in [0.717, 1.165) is 22.4 Å². The Labute approximate surface area is 176 Å². The predicted octanol–water partition coefficient (Wildman–Crippen LogP) is 2.97. The first-order chi connectivity index (χ1) is 14.7. The second-order valence-electron chi connectivity index (χ2n) is 7.80. The lowest BCUT2D eigenvalue weighted by molar-refractivity contribution is -0.154. The van der Waals surface area contributed by atoms with Gasteiger partial charge in [-0.05, 0) is 41.7 Å². The van der Waals surface area contributed by atoms with E-state index in [1.807, 2.05) is 48.5 Å². The van der Waals surface area contributed by atoms with Gasteiger partial charge in [0.1, 0.15) is 11.8 Å². The third-order valence-electron chi connectivity index (χ3n) is 6.28. The van der Waals surface area contributed by atoms with Gasteiger partial charge in [0.15, 0.2) is 0 Å². The Morgan fingerprint density at radius 2 is 1.90 bits per heavy atom. The van der Waals surface area contributed by atoms with Gasteiger partial charge < -0.3 is 19.5 Å². The van der Waals surface area contributed by atoms with Crippen LogP contribution < -0.4 is 4.74 Å². The number of ether oxygens (including phenoxy) is 2. The molecule has 2 aromatic carbocycles. The van der Waals surface area contributed by atoms with E-state index < -0.39 is 12.1 Å². The molecule has 0 radical (unpaired) electrons. The van der Waals surface area contributed by atoms with Crippen molar-refractivity contribution < 1.29 is 19.4 Å². The molecule has 1 N–H and O–H groups in total. The molecule has 0 bridgehead atoms. The first kappa shape index (κ1) is 20.4. The first-order valence-electron chi connectivity index (χ1n) is 10.3. The van der Waals surface area contributed by atoms with Crippen molar-refractivity contribution >= 4 is 5.91 Å². The fourth-order valence-electron chi connectivity index (χ4n) is 4.66. The van der Waals surface area contributed by atoms with E-state index in [4.69, 9.17) is 9.47 Å². The summed E-state index contributed by atoms with van der Waals surface area (Å²) >= 11 is 0. The highest BCUT2D eigenvalue weighted by molar-refractivity contribution is 5.82. The minimum Gasteiger partial charge on any atom is -0.497 e. The van der Waals surface area contributed by atoms with Crippen LogP contribution in [0.3, 0.4) is 0 Å². The summed E-state index contributed by atoms with van der Waals surface area (Å²) in [5.74, 6) is 0.363. The molecule has 0 aromatic heterocycles. The number of nitrogens with zero attached hydrogens (tertiary/aromatic N) is 2. The van der Waals surface area contributed by atoms with E-state index in [1.54, 1.807) is 12.0 Å². The number of carbonyl (C=O) groups excluding carboxylic acids is 1. The maximum Gasteiger partial charge on any atom is 0.227 e. The number of carbonyl (C=O) groups is 1. The van der Waals surface area contributed by atoms with Crippen LogP contribution in [0.25, 0.3) is 11.1 Å². The Morgan fingerprint density at radius 3 is 2.53 bits per heavy atom. The molecule has 2 heterocycles. The molecule has 156 valence electrons. The van der Waals surface area contributed by atoms with Gasteiger partial charge in [-0.3, -0.25) is 4.79 Å². The van der Waals surface area contributed by atoms with Crippen LogP contribution in [0.5, 0.6) is 5.75 Å². The van der Waals surface area contributed by atoms with Crippen LogP contribution >= 0.6 is 0 Å². The molecule has 0 aliphatic carbocycles. The second-order valence-corrected chi connectivity index (χ2v) is 7.80. The van der Waals surface area contributed by atoms with E-state index >= 15 is 0 Å². The molecule has 2 aromatic rings. The third kappa shape index (κ3) is 3.55. The maximum atomic E-state index is 13.1. The number of amides is 1. The molecule has 2 saturated heterocycles. The highest BCUT2D eigenvalue weighted by atomic mass is 16.5. The number of hydrogen-bond acceptors (Lipinski definition) is 5. The monoisotopic (exact) mass is 406 g/mol. The molecule has 2 aliphatic rings. The molecule has 0 saturated carbocycles. The van der Waals surface area contributed by atoms with Crippen molar-refractivity contribution in [2.75, 3.05) is 26.9 Å². The molecule has 6 heteroatoms. The van der Waals surface area contributed by atoms with Crippen molar-refractivity contribution in [2.24, 2.45) is 5.92 Å². The Bertz CT molecular complexity index is 931. The number of hydrogen-bond donors (Lipinski definition) is 1. The summed E-state index contributed by atoms with van der Waals surface area (Å²) in [5.41, 5.74) is 2.99. The Balaban J connectivity index is 1.65. The number of aliphatic hydroxyl groups excluding tert-OH is 1. The number of methoxy groups -OCH3 is 1. The van der Waals surface area contributed by atoms with Gasteiger partial charge in [0.05, 0.1) is 25.8 Å². The van der Waals surface area contributed by atoms with Crippen LogP contribution in [0.2, 0.25) is 0 Å². The number of rotatable bonds is 5. The quantitative estimate of drug-likeness (QED) is 0.825. The normalized spacial score (nSPS) is 24.0. The van der Waals surface area contributed by atoms with Crippen molar-refractivity contribution in [3.8, 4) is 22.9 Å². The molecular formula is C24H26N2O4. The zero-order chi connectivity index (χ0) is 21.1. The fraction of sp³-hybridized carbons (Fsp3) is 0.417. The molecule has 0 unspecified atom stereocenters. The smallest absolute Gasteiger partial charge is 0.227 e. The summed E-state index contributed by atoms with van der Waals surface area (Å²) in [6.07, 6.45) is 1.33. The number of aliphatic hydroxyl groups is 1. The van der Waals surface area contributed by atoms with Gasteiger partial charge in [-0.2, -0.15) is 5.26 Å². The van der Waals surface area contributed by atoms with Gasteiger partial charge in [-0.1, -0.05) is 36.4 Å². The Kier molecular flexibility index (Phi) is 6.03. The summed E-state index contributed by atoms with van der Waals surface area (Å²) in [7, 11) is 1.63. The second kappa shape index (κ2) is 8.86. The minimum atomic E-state index is -0.586. The van der Waals surface area contributed by atoms with Crippen molar-refractivity contribution in [3.63, 3.8) is 0 Å². The van der Waals surface area contributed by atoms with Gasteiger partial charge in [0, 0.05) is 25.0 Å². The lowest BCUT2D eigenvalue weighted by Crippen LogP contribution is -2.66.